The topological polar surface area (TPSA) is 123 Å². The second-order valence-electron chi connectivity index (χ2n) is 7.23. The molecular formula is C25H24N4O5S. The zero-order valence-electron chi connectivity index (χ0n) is 19.5. The Morgan fingerprint density at radius 1 is 1.09 bits per heavy atom. The Hall–Kier alpha value is -4.36. The van der Waals surface area contributed by atoms with Crippen LogP contribution in [-0.2, 0) is 9.59 Å². The Morgan fingerprint density at radius 3 is 2.46 bits per heavy atom. The fourth-order valence-corrected chi connectivity index (χ4v) is 3.62. The van der Waals surface area contributed by atoms with E-state index in [-0.39, 0.29) is 18.1 Å². The van der Waals surface area contributed by atoms with E-state index in [2.05, 4.69) is 15.6 Å². The van der Waals surface area contributed by atoms with E-state index >= 15 is 0 Å². The predicted octanol–water partition coefficient (Wildman–Crippen LogP) is 4.42. The van der Waals surface area contributed by atoms with Crippen molar-refractivity contribution < 1.29 is 23.8 Å². The lowest BCUT2D eigenvalue weighted by Gasteiger charge is -2.12. The van der Waals surface area contributed by atoms with Crippen molar-refractivity contribution in [2.45, 2.75) is 13.8 Å². The van der Waals surface area contributed by atoms with Gasteiger partial charge in [-0.3, -0.25) is 14.9 Å². The quantitative estimate of drug-likeness (QED) is 0.244. The normalized spacial score (nSPS) is 10.7. The molecule has 1 aromatic heterocycles. The Labute approximate surface area is 207 Å². The van der Waals surface area contributed by atoms with Crippen molar-refractivity contribution in [3.05, 3.63) is 64.7 Å². The molecule has 0 atom stereocenters. The van der Waals surface area contributed by atoms with Crippen LogP contribution >= 0.6 is 11.3 Å². The molecule has 0 saturated heterocycles. The van der Waals surface area contributed by atoms with Crippen LogP contribution in [0.25, 0.3) is 6.08 Å². The number of hydrogen-bond acceptors (Lipinski definition) is 8. The summed E-state index contributed by atoms with van der Waals surface area (Å²) in [6, 6.07) is 14.0. The molecule has 180 valence electrons. The van der Waals surface area contributed by atoms with Gasteiger partial charge in [0.1, 0.15) is 30.6 Å². The Bertz CT molecular complexity index is 1260. The molecule has 0 spiro atoms. The summed E-state index contributed by atoms with van der Waals surface area (Å²) in [6.45, 7) is 3.82. The summed E-state index contributed by atoms with van der Waals surface area (Å²) < 4.78 is 16.8. The monoisotopic (exact) mass is 492 g/mol. The number of nitrogens with zero attached hydrogens (tertiary/aromatic N) is 2. The lowest BCUT2D eigenvalue weighted by atomic mass is 10.1. The van der Waals surface area contributed by atoms with Crippen molar-refractivity contribution >= 4 is 40.0 Å². The Morgan fingerprint density at radius 2 is 1.83 bits per heavy atom. The van der Waals surface area contributed by atoms with Gasteiger partial charge in [-0.2, -0.15) is 5.26 Å². The number of anilines is 2. The standard InChI is InChI=1S/C25H24N4O5S/c1-16-15-35-25(27-16)29-24(31)19(14-26)12-18-4-9-22(23(13-18)32-3)34-11-10-33-21-7-5-20(6-8-21)28-17(2)30/h4-9,12-13,15H,10-11H2,1-3H3,(H,28,30)(H,27,29,31). The first-order chi connectivity index (χ1) is 16.9. The fraction of sp³-hybridized carbons (Fsp3) is 0.200. The molecule has 0 unspecified atom stereocenters. The number of hydrogen-bond donors (Lipinski definition) is 2. The molecule has 0 fully saturated rings. The van der Waals surface area contributed by atoms with Gasteiger partial charge >= 0.3 is 0 Å². The van der Waals surface area contributed by atoms with Crippen molar-refractivity contribution in [1.29, 1.82) is 5.26 Å². The highest BCUT2D eigenvalue weighted by molar-refractivity contribution is 7.13. The summed E-state index contributed by atoms with van der Waals surface area (Å²) in [5.74, 6) is 0.913. The molecule has 0 aliphatic carbocycles. The lowest BCUT2D eigenvalue weighted by Crippen LogP contribution is -2.13. The van der Waals surface area contributed by atoms with Crippen LogP contribution in [0.5, 0.6) is 17.2 Å². The number of aromatic nitrogens is 1. The summed E-state index contributed by atoms with van der Waals surface area (Å²) in [5, 5.41) is 17.0. The number of carbonyl (C=O) groups is 2. The maximum absolute atomic E-state index is 12.4. The maximum atomic E-state index is 12.4. The molecule has 2 N–H and O–H groups in total. The largest absolute Gasteiger partial charge is 0.493 e. The zero-order chi connectivity index (χ0) is 25.2. The van der Waals surface area contributed by atoms with Gasteiger partial charge in [0.25, 0.3) is 5.91 Å². The van der Waals surface area contributed by atoms with Crippen LogP contribution < -0.4 is 24.8 Å². The molecule has 2 amide bonds. The highest BCUT2D eigenvalue weighted by atomic mass is 32.1. The van der Waals surface area contributed by atoms with Crippen LogP contribution in [0, 0.1) is 18.3 Å². The van der Waals surface area contributed by atoms with Crippen LogP contribution in [0.2, 0.25) is 0 Å². The van der Waals surface area contributed by atoms with E-state index in [1.165, 1.54) is 31.4 Å². The second kappa shape index (κ2) is 12.2. The highest BCUT2D eigenvalue weighted by Crippen LogP contribution is 2.29. The average Bonchev–Trinajstić information content (AvgIpc) is 3.25. The molecule has 0 radical (unpaired) electrons. The van der Waals surface area contributed by atoms with E-state index in [1.54, 1.807) is 42.5 Å². The average molecular weight is 493 g/mol. The molecule has 0 bridgehead atoms. The number of ether oxygens (including phenoxy) is 3. The van der Waals surface area contributed by atoms with Crippen molar-refractivity contribution in [3.63, 3.8) is 0 Å². The second-order valence-corrected chi connectivity index (χ2v) is 8.09. The van der Waals surface area contributed by atoms with Gasteiger partial charge in [-0.1, -0.05) is 6.07 Å². The van der Waals surface area contributed by atoms with Crippen LogP contribution in [-0.4, -0.2) is 37.1 Å². The first-order valence-corrected chi connectivity index (χ1v) is 11.4. The number of benzene rings is 2. The molecule has 3 rings (SSSR count). The van der Waals surface area contributed by atoms with Crippen LogP contribution in [0.15, 0.2) is 53.4 Å². The molecule has 9 nitrogen and oxygen atoms in total. The fourth-order valence-electron chi connectivity index (χ4n) is 2.93. The number of aryl methyl sites for hydroxylation is 1. The van der Waals surface area contributed by atoms with Crippen molar-refractivity contribution in [2.24, 2.45) is 0 Å². The summed E-state index contributed by atoms with van der Waals surface area (Å²) in [4.78, 5) is 27.7. The summed E-state index contributed by atoms with van der Waals surface area (Å²) in [5.41, 5.74) is 2.02. The summed E-state index contributed by atoms with van der Waals surface area (Å²) >= 11 is 1.29. The van der Waals surface area contributed by atoms with Crippen molar-refractivity contribution in [1.82, 2.24) is 4.98 Å². The highest BCUT2D eigenvalue weighted by Gasteiger charge is 2.13. The van der Waals surface area contributed by atoms with Gasteiger partial charge in [0, 0.05) is 18.0 Å². The van der Waals surface area contributed by atoms with Crippen molar-refractivity contribution in [2.75, 3.05) is 31.0 Å². The third kappa shape index (κ3) is 7.58. The zero-order valence-corrected chi connectivity index (χ0v) is 20.3. The first-order valence-electron chi connectivity index (χ1n) is 10.5. The number of rotatable bonds is 10. The van der Waals surface area contributed by atoms with Gasteiger partial charge in [0.05, 0.1) is 12.8 Å². The minimum atomic E-state index is -0.539. The van der Waals surface area contributed by atoms with Gasteiger partial charge in [0.15, 0.2) is 16.6 Å². The lowest BCUT2D eigenvalue weighted by molar-refractivity contribution is -0.114. The predicted molar refractivity (Wildman–Crippen MR) is 134 cm³/mol. The third-order valence-corrected chi connectivity index (χ3v) is 5.36. The minimum Gasteiger partial charge on any atom is -0.493 e. The molecule has 1 heterocycles. The molecule has 0 saturated carbocycles. The smallest absolute Gasteiger partial charge is 0.268 e. The Balaban J connectivity index is 1.57. The van der Waals surface area contributed by atoms with Crippen molar-refractivity contribution in [3.8, 4) is 23.3 Å². The van der Waals surface area contributed by atoms with Crippen LogP contribution in [0.3, 0.4) is 0 Å². The van der Waals surface area contributed by atoms with Crippen LogP contribution in [0.4, 0.5) is 10.8 Å². The minimum absolute atomic E-state index is 0.0634. The van der Waals surface area contributed by atoms with E-state index in [0.29, 0.717) is 40.2 Å². The molecule has 35 heavy (non-hydrogen) atoms. The van der Waals surface area contributed by atoms with Gasteiger partial charge in [-0.25, -0.2) is 4.98 Å². The van der Waals surface area contributed by atoms with Gasteiger partial charge < -0.3 is 19.5 Å². The number of amides is 2. The summed E-state index contributed by atoms with van der Waals surface area (Å²) in [7, 11) is 1.51. The van der Waals surface area contributed by atoms with E-state index in [9.17, 15) is 14.9 Å². The van der Waals surface area contributed by atoms with E-state index < -0.39 is 5.91 Å². The molecule has 0 aliphatic heterocycles. The number of carbonyl (C=O) groups excluding carboxylic acids is 2. The van der Waals surface area contributed by atoms with Crippen LogP contribution in [0.1, 0.15) is 18.2 Å². The molecular weight excluding hydrogens is 468 g/mol. The van der Waals surface area contributed by atoms with E-state index in [1.807, 2.05) is 18.4 Å². The number of nitriles is 1. The molecule has 0 aliphatic rings. The Kier molecular flexibility index (Phi) is 8.81. The third-order valence-electron chi connectivity index (χ3n) is 4.49. The molecule has 10 heteroatoms. The SMILES string of the molecule is COc1cc(C=C(C#N)C(=O)Nc2nc(C)cs2)ccc1OCCOc1ccc(NC(C)=O)cc1. The molecule has 2 aromatic carbocycles. The van der Waals surface area contributed by atoms with Gasteiger partial charge in [0.2, 0.25) is 5.91 Å². The van der Waals surface area contributed by atoms with E-state index in [4.69, 9.17) is 14.2 Å². The summed E-state index contributed by atoms with van der Waals surface area (Å²) in [6.07, 6.45) is 1.47. The van der Waals surface area contributed by atoms with E-state index in [0.717, 1.165) is 5.69 Å². The van der Waals surface area contributed by atoms with Gasteiger partial charge in [-0.05, 0) is 55.0 Å². The molecule has 3 aromatic rings. The maximum Gasteiger partial charge on any atom is 0.268 e. The number of thiazole rings is 1. The number of methoxy groups -OCH3 is 1. The number of nitrogens with one attached hydrogen (secondary N) is 2. The first kappa shape index (κ1) is 25.3. The van der Waals surface area contributed by atoms with Gasteiger partial charge in [-0.15, -0.1) is 11.3 Å².